The highest BCUT2D eigenvalue weighted by Crippen LogP contribution is 2.18. The second kappa shape index (κ2) is 4.76. The fraction of sp³-hybridized carbons (Fsp3) is 0.0909. The van der Waals surface area contributed by atoms with E-state index >= 15 is 0 Å². The lowest BCUT2D eigenvalue weighted by Crippen LogP contribution is -2.01. The van der Waals surface area contributed by atoms with Gasteiger partial charge < -0.3 is 5.32 Å². The fourth-order valence-electron chi connectivity index (χ4n) is 1.24. The Balaban J connectivity index is 2.28. The van der Waals surface area contributed by atoms with Crippen LogP contribution in [0.25, 0.3) is 0 Å². The van der Waals surface area contributed by atoms with Crippen LogP contribution in [0.4, 0.5) is 5.13 Å². The summed E-state index contributed by atoms with van der Waals surface area (Å²) in [6.45, 7) is 0. The molecule has 0 spiro atoms. The van der Waals surface area contributed by atoms with Gasteiger partial charge >= 0.3 is 0 Å². The number of hydrogen-bond acceptors (Lipinski definition) is 4. The van der Waals surface area contributed by atoms with Crippen LogP contribution in [0, 0.1) is 0 Å². The van der Waals surface area contributed by atoms with Gasteiger partial charge in [0.25, 0.3) is 0 Å². The number of carbonyl (C=O) groups excluding carboxylic acids is 1. The van der Waals surface area contributed by atoms with Gasteiger partial charge in [0.2, 0.25) is 5.78 Å². The topological polar surface area (TPSA) is 42.0 Å². The monoisotopic (exact) mass is 296 g/mol. The van der Waals surface area contributed by atoms with E-state index in [0.717, 1.165) is 9.60 Å². The normalized spacial score (nSPS) is 10.1. The van der Waals surface area contributed by atoms with Crippen molar-refractivity contribution in [1.29, 1.82) is 0 Å². The number of nitrogens with zero attached hydrogens (tertiary/aromatic N) is 1. The van der Waals surface area contributed by atoms with E-state index in [4.69, 9.17) is 0 Å². The van der Waals surface area contributed by atoms with Crippen molar-refractivity contribution >= 4 is 38.2 Å². The largest absolute Gasteiger partial charge is 0.365 e. The molecule has 0 saturated carbocycles. The summed E-state index contributed by atoms with van der Waals surface area (Å²) in [7, 11) is 1.78. The maximum absolute atomic E-state index is 12.0. The van der Waals surface area contributed by atoms with Crippen molar-refractivity contribution in [3.63, 3.8) is 0 Å². The third-order valence-electron chi connectivity index (χ3n) is 2.06. The highest BCUT2D eigenvalue weighted by molar-refractivity contribution is 9.10. The summed E-state index contributed by atoms with van der Waals surface area (Å²) < 4.78 is 0.957. The van der Waals surface area contributed by atoms with Crippen LogP contribution in [0.5, 0.6) is 0 Å². The molecule has 0 atom stereocenters. The molecule has 0 aliphatic carbocycles. The average molecular weight is 297 g/mol. The predicted molar refractivity (Wildman–Crippen MR) is 69.2 cm³/mol. The number of benzene rings is 1. The first-order valence-electron chi connectivity index (χ1n) is 4.64. The minimum Gasteiger partial charge on any atom is -0.365 e. The molecule has 82 valence electrons. The first kappa shape index (κ1) is 11.3. The van der Waals surface area contributed by atoms with Gasteiger partial charge in [-0.05, 0) is 24.3 Å². The lowest BCUT2D eigenvalue weighted by Gasteiger charge is -1.97. The minimum absolute atomic E-state index is 0.0507. The highest BCUT2D eigenvalue weighted by atomic mass is 79.9. The van der Waals surface area contributed by atoms with Crippen LogP contribution in [0.1, 0.15) is 16.1 Å². The summed E-state index contributed by atoms with van der Waals surface area (Å²) in [6, 6.07) is 7.26. The Labute approximate surface area is 106 Å². The van der Waals surface area contributed by atoms with Crippen molar-refractivity contribution in [1.82, 2.24) is 4.98 Å². The molecule has 0 bridgehead atoms. The van der Waals surface area contributed by atoms with Gasteiger partial charge in [0.05, 0.1) is 0 Å². The quantitative estimate of drug-likeness (QED) is 0.885. The molecule has 0 unspecified atom stereocenters. The number of ketones is 1. The number of nitrogens with one attached hydrogen (secondary N) is 1. The van der Waals surface area contributed by atoms with Crippen molar-refractivity contribution in [2.75, 3.05) is 12.4 Å². The van der Waals surface area contributed by atoms with E-state index in [-0.39, 0.29) is 5.78 Å². The third-order valence-corrected chi connectivity index (χ3v) is 3.45. The zero-order valence-electron chi connectivity index (χ0n) is 8.53. The first-order valence-corrected chi connectivity index (χ1v) is 6.31. The first-order chi connectivity index (χ1) is 7.70. The summed E-state index contributed by atoms with van der Waals surface area (Å²) in [4.78, 5) is 16.2. The fourth-order valence-corrected chi connectivity index (χ4v) is 2.16. The summed E-state index contributed by atoms with van der Waals surface area (Å²) in [5.41, 5.74) is 1.13. The zero-order chi connectivity index (χ0) is 11.5. The summed E-state index contributed by atoms with van der Waals surface area (Å²) in [5, 5.41) is 5.42. The van der Waals surface area contributed by atoms with Gasteiger partial charge in [-0.1, -0.05) is 15.9 Å². The van der Waals surface area contributed by atoms with Gasteiger partial charge in [-0.3, -0.25) is 4.79 Å². The lowest BCUT2D eigenvalue weighted by molar-refractivity contribution is 0.103. The molecule has 0 aliphatic heterocycles. The average Bonchev–Trinajstić information content (AvgIpc) is 2.77. The second-order valence-electron chi connectivity index (χ2n) is 3.12. The molecule has 2 aromatic rings. The van der Waals surface area contributed by atoms with Crippen LogP contribution in [-0.2, 0) is 0 Å². The van der Waals surface area contributed by atoms with Gasteiger partial charge in [-0.2, -0.15) is 0 Å². The van der Waals surface area contributed by atoms with Gasteiger partial charge in [0.15, 0.2) is 5.13 Å². The summed E-state index contributed by atoms with van der Waals surface area (Å²) in [5.74, 6) is -0.0507. The Morgan fingerprint density at radius 3 is 2.62 bits per heavy atom. The number of thiazole rings is 1. The van der Waals surface area contributed by atoms with E-state index in [1.54, 1.807) is 24.6 Å². The molecule has 0 amide bonds. The SMILES string of the molecule is CNc1nc(C(=O)c2ccc(Br)cc2)cs1. The molecule has 3 nitrogen and oxygen atoms in total. The van der Waals surface area contributed by atoms with Gasteiger partial charge in [-0.15, -0.1) is 11.3 Å². The number of carbonyl (C=O) groups is 1. The molecule has 1 N–H and O–H groups in total. The number of anilines is 1. The maximum atomic E-state index is 12.0. The van der Waals surface area contributed by atoms with Gasteiger partial charge in [0.1, 0.15) is 5.69 Å². The van der Waals surface area contributed by atoms with Crippen molar-refractivity contribution in [2.24, 2.45) is 0 Å². The standard InChI is InChI=1S/C11H9BrN2OS/c1-13-11-14-9(6-16-11)10(15)7-2-4-8(12)5-3-7/h2-6H,1H3,(H,13,14). The van der Waals surface area contributed by atoms with E-state index in [0.29, 0.717) is 11.3 Å². The molecule has 16 heavy (non-hydrogen) atoms. The van der Waals surface area contributed by atoms with Crippen molar-refractivity contribution in [2.45, 2.75) is 0 Å². The molecule has 5 heteroatoms. The van der Waals surface area contributed by atoms with Crippen LogP contribution in [-0.4, -0.2) is 17.8 Å². The Morgan fingerprint density at radius 1 is 1.38 bits per heavy atom. The van der Waals surface area contributed by atoms with Crippen molar-refractivity contribution in [3.05, 3.63) is 45.4 Å². The third kappa shape index (κ3) is 2.31. The highest BCUT2D eigenvalue weighted by Gasteiger charge is 2.12. The molecule has 2 rings (SSSR count). The Kier molecular flexibility index (Phi) is 3.36. The molecular formula is C11H9BrN2OS. The van der Waals surface area contributed by atoms with Crippen LogP contribution in [0.15, 0.2) is 34.1 Å². The van der Waals surface area contributed by atoms with E-state index in [1.807, 2.05) is 12.1 Å². The van der Waals surface area contributed by atoms with Crippen LogP contribution in [0.2, 0.25) is 0 Å². The van der Waals surface area contributed by atoms with Crippen molar-refractivity contribution < 1.29 is 4.79 Å². The zero-order valence-corrected chi connectivity index (χ0v) is 10.9. The molecular weight excluding hydrogens is 288 g/mol. The van der Waals surface area contributed by atoms with E-state index in [2.05, 4.69) is 26.2 Å². The molecule has 0 aliphatic rings. The minimum atomic E-state index is -0.0507. The van der Waals surface area contributed by atoms with Crippen LogP contribution >= 0.6 is 27.3 Å². The molecule has 0 saturated heterocycles. The number of rotatable bonds is 3. The number of hydrogen-bond donors (Lipinski definition) is 1. The number of aromatic nitrogens is 1. The molecule has 1 aromatic carbocycles. The Morgan fingerprint density at radius 2 is 2.06 bits per heavy atom. The molecule has 1 heterocycles. The molecule has 0 radical (unpaired) electrons. The number of halogens is 1. The molecule has 1 aromatic heterocycles. The summed E-state index contributed by atoms with van der Waals surface area (Å²) in [6.07, 6.45) is 0. The maximum Gasteiger partial charge on any atom is 0.212 e. The molecule has 0 fully saturated rings. The van der Waals surface area contributed by atoms with Gasteiger partial charge in [-0.25, -0.2) is 4.98 Å². The second-order valence-corrected chi connectivity index (χ2v) is 4.90. The van der Waals surface area contributed by atoms with Crippen LogP contribution < -0.4 is 5.32 Å². The Bertz CT molecular complexity index is 507. The van der Waals surface area contributed by atoms with Crippen molar-refractivity contribution in [3.8, 4) is 0 Å². The lowest BCUT2D eigenvalue weighted by atomic mass is 10.1. The summed E-state index contributed by atoms with van der Waals surface area (Å²) >= 11 is 4.75. The Hall–Kier alpha value is -1.20. The van der Waals surface area contributed by atoms with E-state index < -0.39 is 0 Å². The van der Waals surface area contributed by atoms with E-state index in [9.17, 15) is 4.79 Å². The smallest absolute Gasteiger partial charge is 0.212 e. The van der Waals surface area contributed by atoms with Crippen LogP contribution in [0.3, 0.4) is 0 Å². The predicted octanol–water partition coefficient (Wildman–Crippen LogP) is 3.18. The van der Waals surface area contributed by atoms with Gasteiger partial charge in [0, 0.05) is 22.5 Å². The van der Waals surface area contributed by atoms with E-state index in [1.165, 1.54) is 11.3 Å².